The van der Waals surface area contributed by atoms with Gasteiger partial charge in [-0.3, -0.25) is 4.79 Å². The highest BCUT2D eigenvalue weighted by atomic mass is 79.9. The summed E-state index contributed by atoms with van der Waals surface area (Å²) in [5, 5.41) is 0. The molecule has 1 aromatic heterocycles. The number of benzene rings is 2. The van der Waals surface area contributed by atoms with Crippen LogP contribution in [-0.4, -0.2) is 23.7 Å². The number of ether oxygens (including phenoxy) is 1. The lowest BCUT2D eigenvalue weighted by atomic mass is 10.2. The smallest absolute Gasteiger partial charge is 0.279 e. The Labute approximate surface area is 156 Å². The van der Waals surface area contributed by atoms with E-state index in [-0.39, 0.29) is 11.7 Å². The van der Waals surface area contributed by atoms with Crippen LogP contribution >= 0.6 is 27.3 Å². The zero-order valence-electron chi connectivity index (χ0n) is 13.5. The third kappa shape index (κ3) is 4.23. The van der Waals surface area contributed by atoms with Crippen LogP contribution in [0.4, 0.5) is 4.39 Å². The number of carbonyl (C=O) groups is 1. The molecule has 0 aliphatic carbocycles. The maximum absolute atomic E-state index is 13.5. The molecule has 0 aliphatic heterocycles. The highest BCUT2D eigenvalue weighted by Gasteiger charge is 2.10. The molecule has 0 aliphatic rings. The van der Waals surface area contributed by atoms with Gasteiger partial charge in [-0.25, -0.2) is 4.39 Å². The van der Waals surface area contributed by atoms with Crippen LogP contribution in [0.1, 0.15) is 17.3 Å². The number of carbonyl (C=O) groups excluding carboxylic acids is 1. The molecule has 1 heterocycles. The number of nitrogens with zero attached hydrogens (tertiary/aromatic N) is 2. The van der Waals surface area contributed by atoms with Gasteiger partial charge in [-0.05, 0) is 43.3 Å². The molecule has 0 fully saturated rings. The lowest BCUT2D eigenvalue weighted by molar-refractivity contribution is 0.0996. The number of fused-ring (bicyclic) bond motifs is 1. The summed E-state index contributed by atoms with van der Waals surface area (Å²) >= 11 is 4.65. The minimum absolute atomic E-state index is 0.310. The van der Waals surface area contributed by atoms with Gasteiger partial charge >= 0.3 is 0 Å². The van der Waals surface area contributed by atoms with Crippen molar-refractivity contribution in [3.63, 3.8) is 0 Å². The zero-order chi connectivity index (χ0) is 17.8. The second kappa shape index (κ2) is 8.03. The molecule has 0 radical (unpaired) electrons. The molecule has 0 saturated heterocycles. The topological polar surface area (TPSA) is 43.6 Å². The highest BCUT2D eigenvalue weighted by Crippen LogP contribution is 2.19. The lowest BCUT2D eigenvalue weighted by Crippen LogP contribution is -2.19. The molecule has 0 spiro atoms. The molecular formula is C18H16BrFN2O2S. The first-order chi connectivity index (χ1) is 12.1. The second-order valence-electron chi connectivity index (χ2n) is 5.27. The van der Waals surface area contributed by atoms with E-state index in [1.54, 1.807) is 24.3 Å². The molecular weight excluding hydrogens is 407 g/mol. The van der Waals surface area contributed by atoms with Gasteiger partial charge in [0, 0.05) is 23.2 Å². The minimum Gasteiger partial charge on any atom is -0.380 e. The average Bonchev–Trinajstić information content (AvgIpc) is 2.91. The normalized spacial score (nSPS) is 12.0. The summed E-state index contributed by atoms with van der Waals surface area (Å²) in [4.78, 5) is 17.3. The fourth-order valence-corrected chi connectivity index (χ4v) is 3.90. The van der Waals surface area contributed by atoms with Gasteiger partial charge in [-0.2, -0.15) is 4.99 Å². The molecule has 25 heavy (non-hydrogen) atoms. The SMILES string of the molecule is CCOCCn1c(=NC(=O)c2cccc(Br)c2)sc2cc(F)ccc21. The summed E-state index contributed by atoms with van der Waals surface area (Å²) in [6, 6.07) is 11.6. The summed E-state index contributed by atoms with van der Waals surface area (Å²) in [6.45, 7) is 3.58. The average molecular weight is 423 g/mol. The van der Waals surface area contributed by atoms with Crippen LogP contribution in [0.15, 0.2) is 51.9 Å². The number of amides is 1. The first-order valence-electron chi connectivity index (χ1n) is 7.79. The van der Waals surface area contributed by atoms with E-state index >= 15 is 0 Å². The van der Waals surface area contributed by atoms with Crippen LogP contribution in [0.3, 0.4) is 0 Å². The third-order valence-corrected chi connectivity index (χ3v) is 5.11. The number of rotatable bonds is 5. The van der Waals surface area contributed by atoms with Crippen molar-refractivity contribution in [2.24, 2.45) is 4.99 Å². The van der Waals surface area contributed by atoms with E-state index in [2.05, 4.69) is 20.9 Å². The first kappa shape index (κ1) is 18.0. The van der Waals surface area contributed by atoms with Crippen molar-refractivity contribution in [3.05, 3.63) is 63.1 Å². The van der Waals surface area contributed by atoms with E-state index in [4.69, 9.17) is 4.74 Å². The van der Waals surface area contributed by atoms with Gasteiger partial charge < -0.3 is 9.30 Å². The van der Waals surface area contributed by atoms with E-state index in [1.807, 2.05) is 17.6 Å². The number of thiazole rings is 1. The van der Waals surface area contributed by atoms with E-state index in [1.165, 1.54) is 23.5 Å². The monoisotopic (exact) mass is 422 g/mol. The number of aromatic nitrogens is 1. The molecule has 130 valence electrons. The van der Waals surface area contributed by atoms with Crippen LogP contribution in [0.5, 0.6) is 0 Å². The zero-order valence-corrected chi connectivity index (χ0v) is 15.9. The van der Waals surface area contributed by atoms with Gasteiger partial charge in [0.05, 0.1) is 16.8 Å². The quantitative estimate of drug-likeness (QED) is 0.572. The molecule has 1 amide bonds. The number of hydrogen-bond acceptors (Lipinski definition) is 3. The lowest BCUT2D eigenvalue weighted by Gasteiger charge is -2.05. The van der Waals surface area contributed by atoms with Crippen LogP contribution < -0.4 is 4.80 Å². The highest BCUT2D eigenvalue weighted by molar-refractivity contribution is 9.10. The molecule has 0 atom stereocenters. The predicted octanol–water partition coefficient (Wildman–Crippen LogP) is 4.38. The van der Waals surface area contributed by atoms with E-state index in [9.17, 15) is 9.18 Å². The standard InChI is InChI=1S/C18H16BrFN2O2S/c1-2-24-9-8-22-15-7-6-14(20)11-16(15)25-18(22)21-17(23)12-4-3-5-13(19)10-12/h3-7,10-11H,2,8-9H2,1H3. The van der Waals surface area contributed by atoms with Crippen LogP contribution in [0.2, 0.25) is 0 Å². The molecule has 2 aromatic carbocycles. The minimum atomic E-state index is -0.335. The van der Waals surface area contributed by atoms with Gasteiger partial charge in [-0.1, -0.05) is 33.3 Å². The number of halogens is 2. The largest absolute Gasteiger partial charge is 0.380 e. The molecule has 4 nitrogen and oxygen atoms in total. The molecule has 0 N–H and O–H groups in total. The van der Waals surface area contributed by atoms with E-state index < -0.39 is 0 Å². The number of hydrogen-bond donors (Lipinski definition) is 0. The molecule has 3 aromatic rings. The van der Waals surface area contributed by atoms with Gasteiger partial charge in [0.2, 0.25) is 0 Å². The summed E-state index contributed by atoms with van der Waals surface area (Å²) < 4.78 is 22.4. The van der Waals surface area contributed by atoms with Crippen molar-refractivity contribution < 1.29 is 13.9 Å². The molecule has 7 heteroatoms. The summed E-state index contributed by atoms with van der Waals surface area (Å²) in [7, 11) is 0. The van der Waals surface area contributed by atoms with Crippen molar-refractivity contribution in [1.82, 2.24) is 4.57 Å². The van der Waals surface area contributed by atoms with Crippen LogP contribution in [0, 0.1) is 5.82 Å². The van der Waals surface area contributed by atoms with Crippen LogP contribution in [-0.2, 0) is 11.3 Å². The first-order valence-corrected chi connectivity index (χ1v) is 9.40. The van der Waals surface area contributed by atoms with Crippen molar-refractivity contribution in [2.75, 3.05) is 13.2 Å². The predicted molar refractivity (Wildman–Crippen MR) is 100 cm³/mol. The maximum atomic E-state index is 13.5. The van der Waals surface area contributed by atoms with Crippen molar-refractivity contribution in [1.29, 1.82) is 0 Å². The van der Waals surface area contributed by atoms with E-state index in [0.29, 0.717) is 30.1 Å². The Hall–Kier alpha value is -1.83. The Morgan fingerprint density at radius 2 is 2.16 bits per heavy atom. The Bertz CT molecular complexity index is 981. The van der Waals surface area contributed by atoms with E-state index in [0.717, 1.165) is 14.7 Å². The van der Waals surface area contributed by atoms with Gasteiger partial charge in [0.15, 0.2) is 4.80 Å². The molecule has 0 unspecified atom stereocenters. The second-order valence-corrected chi connectivity index (χ2v) is 7.20. The Morgan fingerprint density at radius 1 is 1.32 bits per heavy atom. The van der Waals surface area contributed by atoms with Crippen LogP contribution in [0.25, 0.3) is 10.2 Å². The Balaban J connectivity index is 2.06. The van der Waals surface area contributed by atoms with Gasteiger partial charge in [0.25, 0.3) is 5.91 Å². The summed E-state index contributed by atoms with van der Waals surface area (Å²) in [6.07, 6.45) is 0. The Morgan fingerprint density at radius 3 is 2.92 bits per heavy atom. The van der Waals surface area contributed by atoms with Crippen molar-refractivity contribution >= 4 is 43.4 Å². The fourth-order valence-electron chi connectivity index (χ4n) is 2.42. The third-order valence-electron chi connectivity index (χ3n) is 3.58. The van der Waals surface area contributed by atoms with Crippen molar-refractivity contribution in [2.45, 2.75) is 13.5 Å². The summed E-state index contributed by atoms with van der Waals surface area (Å²) in [5.41, 5.74) is 1.33. The van der Waals surface area contributed by atoms with Gasteiger partial charge in [-0.15, -0.1) is 0 Å². The Kier molecular flexibility index (Phi) is 5.78. The maximum Gasteiger partial charge on any atom is 0.279 e. The molecule has 3 rings (SSSR count). The molecule has 0 bridgehead atoms. The van der Waals surface area contributed by atoms with Crippen molar-refractivity contribution in [3.8, 4) is 0 Å². The van der Waals surface area contributed by atoms with Gasteiger partial charge in [0.1, 0.15) is 5.82 Å². The molecule has 0 saturated carbocycles. The summed E-state index contributed by atoms with van der Waals surface area (Å²) in [5.74, 6) is -0.644. The fraction of sp³-hybridized carbons (Fsp3) is 0.222.